The van der Waals surface area contributed by atoms with E-state index in [-0.39, 0.29) is 11.9 Å². The molecule has 14 heavy (non-hydrogen) atoms. The standard InChI is InChI=1S/C10H11IN2O/c1-7-5-6-10(14)13(7)9-4-2-3-8(11)12-9/h2-4,7H,5-6H2,1H3/t7-/m0/s1. The van der Waals surface area contributed by atoms with Crippen molar-refractivity contribution in [2.45, 2.75) is 25.8 Å². The summed E-state index contributed by atoms with van der Waals surface area (Å²) in [7, 11) is 0. The van der Waals surface area contributed by atoms with Crippen LogP contribution in [0.4, 0.5) is 5.82 Å². The van der Waals surface area contributed by atoms with Gasteiger partial charge in [0.2, 0.25) is 5.91 Å². The van der Waals surface area contributed by atoms with Gasteiger partial charge in [0.15, 0.2) is 0 Å². The second-order valence-corrected chi connectivity index (χ2v) is 4.58. The summed E-state index contributed by atoms with van der Waals surface area (Å²) in [4.78, 5) is 17.7. The lowest BCUT2D eigenvalue weighted by Gasteiger charge is -2.20. The van der Waals surface area contributed by atoms with E-state index in [9.17, 15) is 4.79 Å². The van der Waals surface area contributed by atoms with Gasteiger partial charge in [-0.15, -0.1) is 0 Å². The molecule has 0 radical (unpaired) electrons. The maximum absolute atomic E-state index is 11.6. The highest BCUT2D eigenvalue weighted by atomic mass is 127. The number of pyridine rings is 1. The van der Waals surface area contributed by atoms with E-state index in [2.05, 4.69) is 34.5 Å². The summed E-state index contributed by atoms with van der Waals surface area (Å²) in [5.74, 6) is 0.971. The molecule has 0 bridgehead atoms. The van der Waals surface area contributed by atoms with Crippen LogP contribution < -0.4 is 4.90 Å². The van der Waals surface area contributed by atoms with E-state index in [0.29, 0.717) is 6.42 Å². The third-order valence-electron chi connectivity index (χ3n) is 2.43. The van der Waals surface area contributed by atoms with E-state index in [0.717, 1.165) is 15.9 Å². The molecule has 4 heteroatoms. The molecule has 0 aromatic carbocycles. The van der Waals surface area contributed by atoms with Crippen LogP contribution in [0.25, 0.3) is 0 Å². The molecule has 0 aliphatic carbocycles. The molecular formula is C10H11IN2O. The molecule has 2 rings (SSSR count). The smallest absolute Gasteiger partial charge is 0.228 e. The van der Waals surface area contributed by atoms with Gasteiger partial charge < -0.3 is 0 Å². The Bertz CT molecular complexity index is 367. The average Bonchev–Trinajstić information content (AvgIpc) is 2.46. The van der Waals surface area contributed by atoms with Gasteiger partial charge in [0.05, 0.1) is 0 Å². The summed E-state index contributed by atoms with van der Waals surface area (Å²) in [6.07, 6.45) is 1.58. The van der Waals surface area contributed by atoms with E-state index in [4.69, 9.17) is 0 Å². The van der Waals surface area contributed by atoms with Gasteiger partial charge in [0, 0.05) is 12.5 Å². The lowest BCUT2D eigenvalue weighted by molar-refractivity contribution is -0.117. The molecule has 1 aromatic heterocycles. The van der Waals surface area contributed by atoms with Crippen molar-refractivity contribution < 1.29 is 4.79 Å². The monoisotopic (exact) mass is 302 g/mol. The van der Waals surface area contributed by atoms with Crippen molar-refractivity contribution in [3.63, 3.8) is 0 Å². The summed E-state index contributed by atoms with van der Waals surface area (Å²) in [5.41, 5.74) is 0. The SMILES string of the molecule is C[C@H]1CCC(=O)N1c1cccc(I)n1. The molecule has 0 unspecified atom stereocenters. The van der Waals surface area contributed by atoms with E-state index in [1.807, 2.05) is 18.2 Å². The Morgan fingerprint density at radius 3 is 2.93 bits per heavy atom. The van der Waals surface area contributed by atoms with Crippen LogP contribution in [0.3, 0.4) is 0 Å². The summed E-state index contributed by atoms with van der Waals surface area (Å²) >= 11 is 2.16. The summed E-state index contributed by atoms with van der Waals surface area (Å²) < 4.78 is 0.923. The maximum atomic E-state index is 11.6. The number of aromatic nitrogens is 1. The summed E-state index contributed by atoms with van der Waals surface area (Å²) in [5, 5.41) is 0. The van der Waals surface area contributed by atoms with Crippen molar-refractivity contribution in [2.24, 2.45) is 0 Å². The van der Waals surface area contributed by atoms with Crippen molar-refractivity contribution in [1.29, 1.82) is 0 Å². The zero-order valence-electron chi connectivity index (χ0n) is 7.90. The minimum Gasteiger partial charge on any atom is -0.294 e. The van der Waals surface area contributed by atoms with Crippen molar-refractivity contribution in [3.05, 3.63) is 21.9 Å². The van der Waals surface area contributed by atoms with Crippen LogP contribution in [0.2, 0.25) is 0 Å². The predicted octanol–water partition coefficient (Wildman–Crippen LogP) is 2.20. The van der Waals surface area contributed by atoms with Gasteiger partial charge in [0.1, 0.15) is 9.52 Å². The Hall–Kier alpha value is -0.650. The summed E-state index contributed by atoms with van der Waals surface area (Å²) in [6.45, 7) is 2.06. The van der Waals surface area contributed by atoms with Crippen LogP contribution in [0, 0.1) is 3.70 Å². The van der Waals surface area contributed by atoms with Gasteiger partial charge in [0.25, 0.3) is 0 Å². The largest absolute Gasteiger partial charge is 0.294 e. The maximum Gasteiger partial charge on any atom is 0.228 e. The van der Waals surface area contributed by atoms with E-state index >= 15 is 0 Å². The quantitative estimate of drug-likeness (QED) is 0.588. The highest BCUT2D eigenvalue weighted by molar-refractivity contribution is 14.1. The number of carbonyl (C=O) groups excluding carboxylic acids is 1. The molecule has 2 heterocycles. The molecule has 74 valence electrons. The number of rotatable bonds is 1. The molecule has 3 nitrogen and oxygen atoms in total. The average molecular weight is 302 g/mol. The van der Waals surface area contributed by atoms with Gasteiger partial charge in [-0.05, 0) is 48.1 Å². The van der Waals surface area contributed by atoms with Crippen molar-refractivity contribution in [3.8, 4) is 0 Å². The minimum atomic E-state index is 0.187. The lowest BCUT2D eigenvalue weighted by Crippen LogP contribution is -2.31. The molecule has 1 fully saturated rings. The Balaban J connectivity index is 2.34. The van der Waals surface area contributed by atoms with E-state index in [1.54, 1.807) is 4.90 Å². The Kier molecular flexibility index (Phi) is 2.71. The highest BCUT2D eigenvalue weighted by Gasteiger charge is 2.29. The number of nitrogens with zero attached hydrogens (tertiary/aromatic N) is 2. The van der Waals surface area contributed by atoms with Gasteiger partial charge in [-0.1, -0.05) is 6.07 Å². The van der Waals surface area contributed by atoms with Crippen molar-refractivity contribution in [2.75, 3.05) is 4.90 Å². The fraction of sp³-hybridized carbons (Fsp3) is 0.400. The number of hydrogen-bond acceptors (Lipinski definition) is 2. The second kappa shape index (κ2) is 3.84. The Labute approximate surface area is 96.7 Å². The zero-order chi connectivity index (χ0) is 10.1. The first kappa shape index (κ1) is 9.89. The van der Waals surface area contributed by atoms with Crippen LogP contribution in [-0.2, 0) is 4.79 Å². The molecule has 1 aromatic rings. The predicted molar refractivity (Wildman–Crippen MR) is 63.1 cm³/mol. The molecule has 0 N–H and O–H groups in total. The van der Waals surface area contributed by atoms with E-state index in [1.165, 1.54) is 0 Å². The number of hydrogen-bond donors (Lipinski definition) is 0. The topological polar surface area (TPSA) is 33.2 Å². The van der Waals surface area contributed by atoms with Crippen LogP contribution in [-0.4, -0.2) is 16.9 Å². The molecular weight excluding hydrogens is 291 g/mol. The molecule has 1 aliphatic heterocycles. The molecule has 1 amide bonds. The summed E-state index contributed by atoms with van der Waals surface area (Å²) in [6, 6.07) is 6.03. The number of carbonyl (C=O) groups is 1. The fourth-order valence-electron chi connectivity index (χ4n) is 1.71. The number of halogens is 1. The fourth-order valence-corrected chi connectivity index (χ4v) is 2.17. The molecule has 1 aliphatic rings. The number of anilines is 1. The first-order valence-corrected chi connectivity index (χ1v) is 5.71. The molecule has 0 spiro atoms. The van der Waals surface area contributed by atoms with E-state index < -0.39 is 0 Å². The van der Waals surface area contributed by atoms with Crippen LogP contribution >= 0.6 is 22.6 Å². The molecule has 0 saturated carbocycles. The molecule has 1 saturated heterocycles. The Morgan fingerprint density at radius 2 is 2.36 bits per heavy atom. The van der Waals surface area contributed by atoms with Gasteiger partial charge in [-0.3, -0.25) is 9.69 Å². The normalized spacial score (nSPS) is 21.7. The van der Waals surface area contributed by atoms with Gasteiger partial charge in [-0.25, -0.2) is 4.98 Å². The zero-order valence-corrected chi connectivity index (χ0v) is 10.1. The van der Waals surface area contributed by atoms with Gasteiger partial charge >= 0.3 is 0 Å². The van der Waals surface area contributed by atoms with Crippen LogP contribution in [0.1, 0.15) is 19.8 Å². The first-order chi connectivity index (χ1) is 6.68. The van der Waals surface area contributed by atoms with Crippen molar-refractivity contribution in [1.82, 2.24) is 4.98 Å². The third kappa shape index (κ3) is 1.75. The number of amides is 1. The Morgan fingerprint density at radius 1 is 1.57 bits per heavy atom. The molecule has 1 atom stereocenters. The minimum absolute atomic E-state index is 0.187. The van der Waals surface area contributed by atoms with Gasteiger partial charge in [-0.2, -0.15) is 0 Å². The lowest BCUT2D eigenvalue weighted by atomic mass is 10.2. The van der Waals surface area contributed by atoms with Crippen LogP contribution in [0.15, 0.2) is 18.2 Å². The second-order valence-electron chi connectivity index (χ2n) is 3.47. The third-order valence-corrected chi connectivity index (χ3v) is 3.03. The van der Waals surface area contributed by atoms with Crippen molar-refractivity contribution >= 4 is 34.3 Å². The first-order valence-electron chi connectivity index (χ1n) is 4.63. The highest BCUT2D eigenvalue weighted by Crippen LogP contribution is 2.24. The van der Waals surface area contributed by atoms with Crippen LogP contribution in [0.5, 0.6) is 0 Å².